The van der Waals surface area contributed by atoms with E-state index in [9.17, 15) is 13.2 Å². The van der Waals surface area contributed by atoms with Crippen LogP contribution < -0.4 is 5.32 Å². The first-order chi connectivity index (χ1) is 14.8. The summed E-state index contributed by atoms with van der Waals surface area (Å²) in [7, 11) is -3.97. The number of carbonyl (C=O) groups is 1. The largest absolute Gasteiger partial charge is 0.351 e. The second-order valence-corrected chi connectivity index (χ2v) is 10.3. The molecule has 162 valence electrons. The quantitative estimate of drug-likeness (QED) is 0.449. The molecular weight excluding hydrogens is 525 g/mol. The molecule has 1 heterocycles. The van der Waals surface area contributed by atoms with Gasteiger partial charge >= 0.3 is 0 Å². The lowest BCUT2D eigenvalue weighted by Gasteiger charge is -2.22. The van der Waals surface area contributed by atoms with Crippen molar-refractivity contribution in [2.45, 2.75) is 18.0 Å². The second-order valence-electron chi connectivity index (χ2n) is 6.59. The van der Waals surface area contributed by atoms with Gasteiger partial charge in [-0.2, -0.15) is 4.31 Å². The standard InChI is InChI=1S/C21H18BrCl2N3O3S/c22-17-2-5-19(6-3-17)31(29,30)27(13-16-1-4-18(23)11-20(16)24)14-21(28)26-12-15-7-9-25-10-8-15/h1-11H,12-14H2,(H,26,28). The predicted molar refractivity (Wildman–Crippen MR) is 124 cm³/mol. The molecule has 0 aliphatic rings. The van der Waals surface area contributed by atoms with Crippen molar-refractivity contribution in [1.82, 2.24) is 14.6 Å². The fourth-order valence-electron chi connectivity index (χ4n) is 2.74. The first-order valence-corrected chi connectivity index (χ1v) is 12.1. The van der Waals surface area contributed by atoms with E-state index in [0.717, 1.165) is 14.3 Å². The number of nitrogens with one attached hydrogen (secondary N) is 1. The molecule has 1 amide bonds. The third kappa shape index (κ3) is 6.51. The number of carbonyl (C=O) groups excluding carboxylic acids is 1. The molecule has 2 aromatic carbocycles. The van der Waals surface area contributed by atoms with E-state index in [0.29, 0.717) is 15.6 Å². The molecule has 0 aliphatic heterocycles. The summed E-state index contributed by atoms with van der Waals surface area (Å²) >= 11 is 15.5. The average Bonchev–Trinajstić information content (AvgIpc) is 2.74. The number of aromatic nitrogens is 1. The fourth-order valence-corrected chi connectivity index (χ4v) is 4.85. The van der Waals surface area contributed by atoms with E-state index >= 15 is 0 Å². The number of amides is 1. The van der Waals surface area contributed by atoms with E-state index in [-0.39, 0.29) is 24.5 Å². The van der Waals surface area contributed by atoms with Crippen molar-refractivity contribution in [3.63, 3.8) is 0 Å². The summed E-state index contributed by atoms with van der Waals surface area (Å²) in [6, 6.07) is 14.5. The molecule has 6 nitrogen and oxygen atoms in total. The Morgan fingerprint density at radius 3 is 2.35 bits per heavy atom. The highest BCUT2D eigenvalue weighted by Crippen LogP contribution is 2.25. The summed E-state index contributed by atoms with van der Waals surface area (Å²) in [6.07, 6.45) is 3.24. The molecule has 0 spiro atoms. The van der Waals surface area contributed by atoms with E-state index in [1.54, 1.807) is 48.8 Å². The van der Waals surface area contributed by atoms with E-state index in [2.05, 4.69) is 26.2 Å². The van der Waals surface area contributed by atoms with Crippen LogP contribution in [0.5, 0.6) is 0 Å². The summed E-state index contributed by atoms with van der Waals surface area (Å²) in [5, 5.41) is 3.49. The van der Waals surface area contributed by atoms with Crippen molar-refractivity contribution in [2.75, 3.05) is 6.54 Å². The summed E-state index contributed by atoms with van der Waals surface area (Å²) in [5.41, 5.74) is 1.39. The van der Waals surface area contributed by atoms with Crippen LogP contribution in [-0.2, 0) is 27.9 Å². The zero-order valence-corrected chi connectivity index (χ0v) is 20.0. The molecule has 31 heavy (non-hydrogen) atoms. The highest BCUT2D eigenvalue weighted by Gasteiger charge is 2.27. The molecule has 0 unspecified atom stereocenters. The van der Waals surface area contributed by atoms with Gasteiger partial charge in [-0.3, -0.25) is 9.78 Å². The van der Waals surface area contributed by atoms with Crippen LogP contribution in [0.4, 0.5) is 0 Å². The molecule has 0 radical (unpaired) electrons. The third-order valence-electron chi connectivity index (χ3n) is 4.37. The molecule has 1 aromatic heterocycles. The summed E-state index contributed by atoms with van der Waals surface area (Å²) < 4.78 is 28.4. The number of pyridine rings is 1. The number of rotatable bonds is 8. The fraction of sp³-hybridized carbons (Fsp3) is 0.143. The summed E-state index contributed by atoms with van der Waals surface area (Å²) in [5.74, 6) is -0.442. The van der Waals surface area contributed by atoms with Gasteiger partial charge < -0.3 is 5.32 Å². The smallest absolute Gasteiger partial charge is 0.243 e. The van der Waals surface area contributed by atoms with Gasteiger partial charge in [-0.05, 0) is 59.7 Å². The number of halogens is 3. The van der Waals surface area contributed by atoms with Crippen LogP contribution in [0.3, 0.4) is 0 Å². The van der Waals surface area contributed by atoms with E-state index in [1.165, 1.54) is 18.2 Å². The number of nitrogens with zero attached hydrogens (tertiary/aromatic N) is 2. The highest BCUT2D eigenvalue weighted by atomic mass is 79.9. The highest BCUT2D eigenvalue weighted by molar-refractivity contribution is 9.10. The van der Waals surface area contributed by atoms with Gasteiger partial charge in [-0.15, -0.1) is 0 Å². The lowest BCUT2D eigenvalue weighted by molar-refractivity contribution is -0.121. The molecule has 0 saturated carbocycles. The molecule has 1 N–H and O–H groups in total. The molecular formula is C21H18BrCl2N3O3S. The maximum Gasteiger partial charge on any atom is 0.243 e. The van der Waals surface area contributed by atoms with Crippen molar-refractivity contribution in [3.8, 4) is 0 Å². The minimum Gasteiger partial charge on any atom is -0.351 e. The van der Waals surface area contributed by atoms with Gasteiger partial charge in [-0.25, -0.2) is 8.42 Å². The van der Waals surface area contributed by atoms with E-state index in [4.69, 9.17) is 23.2 Å². The molecule has 0 fully saturated rings. The minimum absolute atomic E-state index is 0.0720. The van der Waals surface area contributed by atoms with Gasteiger partial charge in [0.15, 0.2) is 0 Å². The SMILES string of the molecule is O=C(CN(Cc1ccc(Cl)cc1Cl)S(=O)(=O)c1ccc(Br)cc1)NCc1ccncc1. The topological polar surface area (TPSA) is 79.4 Å². The zero-order chi connectivity index (χ0) is 22.4. The molecule has 3 rings (SSSR count). The van der Waals surface area contributed by atoms with Crippen molar-refractivity contribution in [3.05, 3.63) is 92.6 Å². The second kappa shape index (κ2) is 10.6. The van der Waals surface area contributed by atoms with Crippen LogP contribution in [0.2, 0.25) is 10.0 Å². The lowest BCUT2D eigenvalue weighted by atomic mass is 10.2. The summed E-state index contributed by atoms with van der Waals surface area (Å²) in [4.78, 5) is 16.6. The van der Waals surface area contributed by atoms with Crippen LogP contribution in [0.25, 0.3) is 0 Å². The normalized spacial score (nSPS) is 11.5. The monoisotopic (exact) mass is 541 g/mol. The Morgan fingerprint density at radius 1 is 1.03 bits per heavy atom. The Balaban J connectivity index is 1.84. The number of benzene rings is 2. The Morgan fingerprint density at radius 2 is 1.71 bits per heavy atom. The zero-order valence-electron chi connectivity index (χ0n) is 16.1. The van der Waals surface area contributed by atoms with Crippen molar-refractivity contribution < 1.29 is 13.2 Å². The van der Waals surface area contributed by atoms with Gasteiger partial charge in [0.2, 0.25) is 15.9 Å². The Labute approximate surface area is 199 Å². The average molecular weight is 543 g/mol. The molecule has 3 aromatic rings. The predicted octanol–water partition coefficient (Wildman–Crippen LogP) is 4.66. The number of hydrogen-bond acceptors (Lipinski definition) is 4. The summed E-state index contributed by atoms with van der Waals surface area (Å²) in [6.45, 7) is -0.200. The Kier molecular flexibility index (Phi) is 8.07. The number of sulfonamides is 1. The minimum atomic E-state index is -3.97. The first-order valence-electron chi connectivity index (χ1n) is 9.11. The van der Waals surface area contributed by atoms with Gasteiger partial charge in [0, 0.05) is 40.0 Å². The van der Waals surface area contributed by atoms with Crippen molar-refractivity contribution in [2.24, 2.45) is 0 Å². The van der Waals surface area contributed by atoms with Crippen molar-refractivity contribution >= 4 is 55.1 Å². The number of hydrogen-bond donors (Lipinski definition) is 1. The van der Waals surface area contributed by atoms with Crippen LogP contribution in [0.15, 0.2) is 76.4 Å². The van der Waals surface area contributed by atoms with E-state index in [1.807, 2.05) is 0 Å². The first kappa shape index (κ1) is 23.7. The Hall–Kier alpha value is -1.97. The maximum absolute atomic E-state index is 13.3. The van der Waals surface area contributed by atoms with Crippen LogP contribution >= 0.6 is 39.1 Å². The van der Waals surface area contributed by atoms with Gasteiger partial charge in [0.25, 0.3) is 0 Å². The lowest BCUT2D eigenvalue weighted by Crippen LogP contribution is -2.40. The Bertz CT molecular complexity index is 1160. The maximum atomic E-state index is 13.3. The molecule has 0 aliphatic carbocycles. The molecule has 0 saturated heterocycles. The third-order valence-corrected chi connectivity index (χ3v) is 7.29. The van der Waals surface area contributed by atoms with Gasteiger partial charge in [0.1, 0.15) is 0 Å². The molecule has 10 heteroatoms. The molecule has 0 atom stereocenters. The van der Waals surface area contributed by atoms with Crippen LogP contribution in [-0.4, -0.2) is 30.2 Å². The van der Waals surface area contributed by atoms with Gasteiger partial charge in [-0.1, -0.05) is 45.2 Å². The van der Waals surface area contributed by atoms with Crippen LogP contribution in [0, 0.1) is 0 Å². The van der Waals surface area contributed by atoms with E-state index < -0.39 is 15.9 Å². The van der Waals surface area contributed by atoms with Gasteiger partial charge in [0.05, 0.1) is 11.4 Å². The van der Waals surface area contributed by atoms with Crippen LogP contribution in [0.1, 0.15) is 11.1 Å². The van der Waals surface area contributed by atoms with Crippen molar-refractivity contribution in [1.29, 1.82) is 0 Å². The molecule has 0 bridgehead atoms.